The minimum absolute atomic E-state index is 0.205. The van der Waals surface area contributed by atoms with Crippen molar-refractivity contribution in [2.75, 3.05) is 39.8 Å². The number of aryl methyl sites for hydroxylation is 1. The first-order chi connectivity index (χ1) is 11.5. The number of likely N-dealkylation sites (N-methyl/N-ethyl adjacent to an activating group) is 1. The number of benzene rings is 1. The summed E-state index contributed by atoms with van der Waals surface area (Å²) in [7, 11) is 4.25. The van der Waals surface area contributed by atoms with E-state index in [1.54, 1.807) is 0 Å². The first-order valence-electron chi connectivity index (χ1n) is 8.73. The van der Waals surface area contributed by atoms with Crippen LogP contribution < -0.4 is 5.32 Å². The standard InChI is InChI=1S/C18H28ClN5/c1-13(24-9-7-22(3)8-10-24)12-20-14(2)18-21-16-6-5-15(19)11-17(16)23(18)4/h5-6,11,13-14,20H,7-10,12H2,1-4H3/t13-,14+/m0/s1. The van der Waals surface area contributed by atoms with Gasteiger partial charge >= 0.3 is 0 Å². The highest BCUT2D eigenvalue weighted by atomic mass is 35.5. The molecule has 132 valence electrons. The summed E-state index contributed by atoms with van der Waals surface area (Å²) in [5, 5.41) is 4.40. The highest BCUT2D eigenvalue weighted by Gasteiger charge is 2.20. The minimum atomic E-state index is 0.205. The Morgan fingerprint density at radius 1 is 1.17 bits per heavy atom. The van der Waals surface area contributed by atoms with Gasteiger partial charge in [-0.3, -0.25) is 4.90 Å². The molecule has 0 radical (unpaired) electrons. The van der Waals surface area contributed by atoms with Crippen LogP contribution in [0, 0.1) is 0 Å². The quantitative estimate of drug-likeness (QED) is 0.899. The monoisotopic (exact) mass is 349 g/mol. The second-order valence-electron chi connectivity index (χ2n) is 6.98. The van der Waals surface area contributed by atoms with Crippen LogP contribution in [-0.4, -0.2) is 65.2 Å². The van der Waals surface area contributed by atoms with Crippen molar-refractivity contribution in [1.82, 2.24) is 24.7 Å². The van der Waals surface area contributed by atoms with E-state index in [-0.39, 0.29) is 6.04 Å². The third-order valence-corrected chi connectivity index (χ3v) is 5.38. The van der Waals surface area contributed by atoms with Crippen LogP contribution in [0.1, 0.15) is 25.7 Å². The van der Waals surface area contributed by atoms with E-state index >= 15 is 0 Å². The van der Waals surface area contributed by atoms with Gasteiger partial charge in [0.25, 0.3) is 0 Å². The average molecular weight is 350 g/mol. The fourth-order valence-corrected chi connectivity index (χ4v) is 3.57. The number of aromatic nitrogens is 2. The molecular formula is C18H28ClN5. The molecule has 0 spiro atoms. The van der Waals surface area contributed by atoms with Gasteiger partial charge in [0, 0.05) is 50.8 Å². The Morgan fingerprint density at radius 2 is 1.88 bits per heavy atom. The number of hydrogen-bond acceptors (Lipinski definition) is 4. The van der Waals surface area contributed by atoms with E-state index in [9.17, 15) is 0 Å². The van der Waals surface area contributed by atoms with Crippen molar-refractivity contribution in [2.24, 2.45) is 7.05 Å². The molecule has 1 saturated heterocycles. The summed E-state index contributed by atoms with van der Waals surface area (Å²) >= 11 is 6.11. The summed E-state index contributed by atoms with van der Waals surface area (Å²) in [5.74, 6) is 1.05. The summed E-state index contributed by atoms with van der Waals surface area (Å²) < 4.78 is 2.14. The lowest BCUT2D eigenvalue weighted by Crippen LogP contribution is -2.51. The molecule has 0 amide bonds. The number of fused-ring (bicyclic) bond motifs is 1. The SMILES string of the molecule is C[C@@H](NC[C@H](C)N1CCN(C)CC1)c1nc2ccc(Cl)cc2n1C. The van der Waals surface area contributed by atoms with E-state index in [0.717, 1.165) is 54.6 Å². The smallest absolute Gasteiger partial charge is 0.126 e. The van der Waals surface area contributed by atoms with Crippen molar-refractivity contribution in [2.45, 2.75) is 25.9 Å². The van der Waals surface area contributed by atoms with Gasteiger partial charge in [0.2, 0.25) is 0 Å². The van der Waals surface area contributed by atoms with Crippen LogP contribution in [0.2, 0.25) is 5.02 Å². The van der Waals surface area contributed by atoms with Crippen molar-refractivity contribution in [1.29, 1.82) is 0 Å². The van der Waals surface area contributed by atoms with Crippen molar-refractivity contribution in [3.8, 4) is 0 Å². The molecule has 1 aromatic heterocycles. The van der Waals surface area contributed by atoms with Gasteiger partial charge in [-0.15, -0.1) is 0 Å². The molecule has 2 aromatic rings. The minimum Gasteiger partial charge on any atom is -0.330 e. The highest BCUT2D eigenvalue weighted by molar-refractivity contribution is 6.31. The van der Waals surface area contributed by atoms with Gasteiger partial charge in [-0.25, -0.2) is 4.98 Å². The molecule has 1 aliphatic heterocycles. The molecule has 24 heavy (non-hydrogen) atoms. The maximum atomic E-state index is 6.11. The van der Waals surface area contributed by atoms with Crippen molar-refractivity contribution in [3.05, 3.63) is 29.0 Å². The average Bonchev–Trinajstić information content (AvgIpc) is 2.89. The summed E-state index contributed by atoms with van der Waals surface area (Å²) in [6, 6.07) is 6.60. The van der Waals surface area contributed by atoms with Gasteiger partial charge in [-0.05, 0) is 39.1 Å². The van der Waals surface area contributed by atoms with E-state index in [1.165, 1.54) is 0 Å². The van der Waals surface area contributed by atoms with Crippen molar-refractivity contribution in [3.63, 3.8) is 0 Å². The Kier molecular flexibility index (Phi) is 5.45. The van der Waals surface area contributed by atoms with Crippen LogP contribution in [0.15, 0.2) is 18.2 Å². The molecule has 6 heteroatoms. The molecular weight excluding hydrogens is 322 g/mol. The third-order valence-electron chi connectivity index (χ3n) is 5.15. The Hall–Kier alpha value is -1.14. The number of rotatable bonds is 5. The van der Waals surface area contributed by atoms with E-state index in [4.69, 9.17) is 16.6 Å². The number of nitrogens with zero attached hydrogens (tertiary/aromatic N) is 4. The maximum absolute atomic E-state index is 6.11. The van der Waals surface area contributed by atoms with Crippen LogP contribution in [0.25, 0.3) is 11.0 Å². The van der Waals surface area contributed by atoms with Gasteiger partial charge in [-0.2, -0.15) is 0 Å². The maximum Gasteiger partial charge on any atom is 0.126 e. The fraction of sp³-hybridized carbons (Fsp3) is 0.611. The fourth-order valence-electron chi connectivity index (χ4n) is 3.40. The number of halogens is 1. The molecule has 1 aliphatic rings. The van der Waals surface area contributed by atoms with Crippen LogP contribution in [0.4, 0.5) is 0 Å². The van der Waals surface area contributed by atoms with E-state index in [2.05, 4.69) is 47.6 Å². The Balaban J connectivity index is 1.62. The summed E-state index contributed by atoms with van der Waals surface area (Å²) in [6.45, 7) is 10.1. The topological polar surface area (TPSA) is 36.3 Å². The second-order valence-corrected chi connectivity index (χ2v) is 7.42. The van der Waals surface area contributed by atoms with E-state index < -0.39 is 0 Å². The molecule has 0 saturated carbocycles. The summed E-state index contributed by atoms with van der Waals surface area (Å²) in [5.41, 5.74) is 2.08. The Labute approximate surface area is 149 Å². The highest BCUT2D eigenvalue weighted by Crippen LogP contribution is 2.22. The molecule has 1 aromatic carbocycles. The lowest BCUT2D eigenvalue weighted by molar-refractivity contribution is 0.116. The molecule has 5 nitrogen and oxygen atoms in total. The molecule has 2 atom stereocenters. The predicted molar refractivity (Wildman–Crippen MR) is 101 cm³/mol. The Morgan fingerprint density at radius 3 is 2.58 bits per heavy atom. The zero-order valence-electron chi connectivity index (χ0n) is 15.1. The molecule has 0 bridgehead atoms. The normalized spacial score (nSPS) is 19.7. The van der Waals surface area contributed by atoms with Crippen LogP contribution in [-0.2, 0) is 7.05 Å². The van der Waals surface area contributed by atoms with Crippen LogP contribution in [0.5, 0.6) is 0 Å². The summed E-state index contributed by atoms with van der Waals surface area (Å²) in [4.78, 5) is 9.73. The van der Waals surface area contributed by atoms with E-state index in [0.29, 0.717) is 6.04 Å². The van der Waals surface area contributed by atoms with Gasteiger partial charge in [0.15, 0.2) is 0 Å². The molecule has 1 fully saturated rings. The van der Waals surface area contributed by atoms with Crippen molar-refractivity contribution >= 4 is 22.6 Å². The van der Waals surface area contributed by atoms with Crippen LogP contribution in [0.3, 0.4) is 0 Å². The van der Waals surface area contributed by atoms with Gasteiger partial charge in [-0.1, -0.05) is 11.6 Å². The first-order valence-corrected chi connectivity index (χ1v) is 9.11. The zero-order chi connectivity index (χ0) is 17.3. The first kappa shape index (κ1) is 17.7. The lowest BCUT2D eigenvalue weighted by atomic mass is 10.2. The second kappa shape index (κ2) is 7.40. The molecule has 1 N–H and O–H groups in total. The zero-order valence-corrected chi connectivity index (χ0v) is 15.8. The lowest BCUT2D eigenvalue weighted by Gasteiger charge is -2.36. The van der Waals surface area contributed by atoms with Crippen molar-refractivity contribution < 1.29 is 0 Å². The van der Waals surface area contributed by atoms with E-state index in [1.807, 2.05) is 18.2 Å². The Bertz CT molecular complexity index is 690. The number of nitrogens with one attached hydrogen (secondary N) is 1. The molecule has 3 rings (SSSR count). The number of imidazole rings is 1. The number of hydrogen-bond donors (Lipinski definition) is 1. The molecule has 2 heterocycles. The van der Waals surface area contributed by atoms with Crippen LogP contribution >= 0.6 is 11.6 Å². The van der Waals surface area contributed by atoms with Gasteiger partial charge in [0.05, 0.1) is 17.1 Å². The molecule has 0 unspecified atom stereocenters. The predicted octanol–water partition coefficient (Wildman–Crippen LogP) is 2.51. The molecule has 0 aliphatic carbocycles. The largest absolute Gasteiger partial charge is 0.330 e. The summed E-state index contributed by atoms with van der Waals surface area (Å²) in [6.07, 6.45) is 0. The number of piperazine rings is 1. The third kappa shape index (κ3) is 3.75. The van der Waals surface area contributed by atoms with Gasteiger partial charge in [0.1, 0.15) is 5.82 Å². The van der Waals surface area contributed by atoms with Gasteiger partial charge < -0.3 is 14.8 Å².